The van der Waals surface area contributed by atoms with Gasteiger partial charge in [0.1, 0.15) is 0 Å². The lowest BCUT2D eigenvalue weighted by Crippen LogP contribution is -2.16. The number of halogens is 4. The molecule has 3 nitrogen and oxygen atoms in total. The predicted octanol–water partition coefficient (Wildman–Crippen LogP) is 2.66. The van der Waals surface area contributed by atoms with E-state index in [0.717, 1.165) is 0 Å². The lowest BCUT2D eigenvalue weighted by atomic mass is 10.2. The van der Waals surface area contributed by atoms with Crippen LogP contribution in [0.1, 0.15) is 18.9 Å². The van der Waals surface area contributed by atoms with Crippen LogP contribution >= 0.6 is 0 Å². The first kappa shape index (κ1) is 14.7. The minimum absolute atomic E-state index is 0.278. The lowest BCUT2D eigenvalue weighted by molar-refractivity contribution is -0.139. The molecule has 1 aromatic rings. The summed E-state index contributed by atoms with van der Waals surface area (Å²) in [6.07, 6.45) is -4.15. The monoisotopic (exact) mass is 266 g/mol. The van der Waals surface area contributed by atoms with Gasteiger partial charge in [-0.3, -0.25) is 0 Å². The minimum Gasteiger partial charge on any atom is -0.475 e. The highest BCUT2D eigenvalue weighted by Gasteiger charge is 2.27. The van der Waals surface area contributed by atoms with Crippen molar-refractivity contribution in [2.75, 3.05) is 13.2 Å². The van der Waals surface area contributed by atoms with Crippen molar-refractivity contribution >= 4 is 0 Å². The third-order valence-electron chi connectivity index (χ3n) is 2.13. The summed E-state index contributed by atoms with van der Waals surface area (Å²) in [5.74, 6) is -1.12. The molecule has 0 atom stereocenters. The molecule has 1 rings (SSSR count). The Morgan fingerprint density at radius 2 is 2.11 bits per heavy atom. The number of nitrogens with one attached hydrogen (secondary N) is 1. The first-order chi connectivity index (χ1) is 8.44. The van der Waals surface area contributed by atoms with E-state index >= 15 is 0 Å². The molecule has 0 radical (unpaired) electrons. The summed E-state index contributed by atoms with van der Waals surface area (Å²) in [4.78, 5) is 3.57. The molecule has 1 N–H and O–H groups in total. The van der Waals surface area contributed by atoms with Gasteiger partial charge in [-0.25, -0.2) is 9.37 Å². The number of hydrogen-bond acceptors (Lipinski definition) is 3. The Kier molecular flexibility index (Phi) is 5.33. The fourth-order valence-electron chi connectivity index (χ4n) is 1.22. The number of alkyl halides is 3. The van der Waals surface area contributed by atoms with Gasteiger partial charge in [0.15, 0.2) is 5.82 Å². The van der Waals surface area contributed by atoms with Crippen molar-refractivity contribution in [2.45, 2.75) is 26.1 Å². The maximum absolute atomic E-state index is 13.7. The van der Waals surface area contributed by atoms with Crippen molar-refractivity contribution in [3.63, 3.8) is 0 Å². The molecule has 0 saturated heterocycles. The lowest BCUT2D eigenvalue weighted by Gasteiger charge is -2.10. The molecule has 0 unspecified atom stereocenters. The standard InChI is InChI=1S/C11H14F4N2O/c1-2-16-7-8-3-5-17-10(9(8)12)18-6-4-11(13,14)15/h3,5,16H,2,4,6-7H2,1H3. The molecule has 0 aliphatic heterocycles. The summed E-state index contributed by atoms with van der Waals surface area (Å²) in [5.41, 5.74) is 0.314. The Hall–Kier alpha value is -1.37. The molecule has 0 bridgehead atoms. The van der Waals surface area contributed by atoms with E-state index in [2.05, 4.69) is 10.3 Å². The molecule has 0 saturated carbocycles. The quantitative estimate of drug-likeness (QED) is 0.804. The van der Waals surface area contributed by atoms with Crippen molar-refractivity contribution in [1.82, 2.24) is 10.3 Å². The van der Waals surface area contributed by atoms with E-state index in [1.54, 1.807) is 0 Å². The average Bonchev–Trinajstić information content (AvgIpc) is 2.28. The SMILES string of the molecule is CCNCc1ccnc(OCCC(F)(F)F)c1F. The zero-order valence-electron chi connectivity index (χ0n) is 9.85. The van der Waals surface area contributed by atoms with Gasteiger partial charge in [0, 0.05) is 18.3 Å². The molecule has 0 aromatic carbocycles. The summed E-state index contributed by atoms with van der Waals surface area (Å²) in [5, 5.41) is 2.91. The Labute approximate surface area is 102 Å². The number of aromatic nitrogens is 1. The van der Waals surface area contributed by atoms with Gasteiger partial charge < -0.3 is 10.1 Å². The summed E-state index contributed by atoms with van der Waals surface area (Å²) >= 11 is 0. The molecular weight excluding hydrogens is 252 g/mol. The van der Waals surface area contributed by atoms with Gasteiger partial charge in [-0.2, -0.15) is 13.2 Å². The molecule has 0 aliphatic rings. The van der Waals surface area contributed by atoms with Crippen molar-refractivity contribution in [3.8, 4) is 5.88 Å². The second-order valence-electron chi connectivity index (χ2n) is 3.58. The van der Waals surface area contributed by atoms with E-state index in [4.69, 9.17) is 4.74 Å². The van der Waals surface area contributed by atoms with Crippen LogP contribution in [0, 0.1) is 5.82 Å². The van der Waals surface area contributed by atoms with Gasteiger partial charge in [-0.05, 0) is 12.6 Å². The van der Waals surface area contributed by atoms with Crippen LogP contribution < -0.4 is 10.1 Å². The largest absolute Gasteiger partial charge is 0.475 e. The van der Waals surface area contributed by atoms with Crippen LogP contribution in [0.3, 0.4) is 0 Å². The summed E-state index contributed by atoms with van der Waals surface area (Å²) in [6.45, 7) is 2.16. The van der Waals surface area contributed by atoms with Crippen LogP contribution in [-0.4, -0.2) is 24.3 Å². The third-order valence-corrected chi connectivity index (χ3v) is 2.13. The van der Waals surface area contributed by atoms with Crippen LogP contribution in [0.5, 0.6) is 5.88 Å². The smallest absolute Gasteiger partial charge is 0.392 e. The Morgan fingerprint density at radius 3 is 2.72 bits per heavy atom. The summed E-state index contributed by atoms with van der Waals surface area (Å²) in [6, 6.07) is 1.45. The molecule has 102 valence electrons. The van der Waals surface area contributed by atoms with Crippen molar-refractivity contribution in [2.24, 2.45) is 0 Å². The molecule has 0 fully saturated rings. The zero-order chi connectivity index (χ0) is 13.6. The highest BCUT2D eigenvalue weighted by Crippen LogP contribution is 2.21. The number of hydrogen-bond donors (Lipinski definition) is 1. The van der Waals surface area contributed by atoms with Gasteiger partial charge >= 0.3 is 6.18 Å². The van der Waals surface area contributed by atoms with Crippen LogP contribution in [0.2, 0.25) is 0 Å². The molecular formula is C11H14F4N2O. The first-order valence-corrected chi connectivity index (χ1v) is 5.47. The molecule has 0 amide bonds. The molecule has 0 spiro atoms. The predicted molar refractivity (Wildman–Crippen MR) is 57.7 cm³/mol. The van der Waals surface area contributed by atoms with Crippen LogP contribution in [0.4, 0.5) is 17.6 Å². The fraction of sp³-hybridized carbons (Fsp3) is 0.545. The van der Waals surface area contributed by atoms with E-state index < -0.39 is 30.9 Å². The molecule has 7 heteroatoms. The molecule has 0 aliphatic carbocycles. The second kappa shape index (κ2) is 6.53. The average molecular weight is 266 g/mol. The third kappa shape index (κ3) is 4.87. The van der Waals surface area contributed by atoms with E-state index in [1.165, 1.54) is 12.3 Å². The maximum atomic E-state index is 13.7. The van der Waals surface area contributed by atoms with Crippen LogP contribution in [0.25, 0.3) is 0 Å². The Bertz CT molecular complexity index is 382. The van der Waals surface area contributed by atoms with Gasteiger partial charge in [-0.15, -0.1) is 0 Å². The highest BCUT2D eigenvalue weighted by molar-refractivity contribution is 5.23. The second-order valence-corrected chi connectivity index (χ2v) is 3.58. The van der Waals surface area contributed by atoms with Crippen LogP contribution in [-0.2, 0) is 6.54 Å². The van der Waals surface area contributed by atoms with E-state index in [-0.39, 0.29) is 6.54 Å². The van der Waals surface area contributed by atoms with E-state index in [1.807, 2.05) is 6.92 Å². The Balaban J connectivity index is 2.60. The fourth-order valence-corrected chi connectivity index (χ4v) is 1.22. The van der Waals surface area contributed by atoms with Gasteiger partial charge in [0.25, 0.3) is 5.88 Å². The van der Waals surface area contributed by atoms with E-state index in [9.17, 15) is 17.6 Å². The highest BCUT2D eigenvalue weighted by atomic mass is 19.4. The summed E-state index contributed by atoms with van der Waals surface area (Å²) < 4.78 is 54.1. The number of pyridine rings is 1. The number of ether oxygens (including phenoxy) is 1. The number of rotatable bonds is 6. The maximum Gasteiger partial charge on any atom is 0.392 e. The van der Waals surface area contributed by atoms with Crippen molar-refractivity contribution in [1.29, 1.82) is 0 Å². The van der Waals surface area contributed by atoms with Crippen molar-refractivity contribution in [3.05, 3.63) is 23.6 Å². The summed E-state index contributed by atoms with van der Waals surface area (Å²) in [7, 11) is 0. The van der Waals surface area contributed by atoms with E-state index in [0.29, 0.717) is 12.1 Å². The van der Waals surface area contributed by atoms with Crippen LogP contribution in [0.15, 0.2) is 12.3 Å². The molecule has 1 heterocycles. The van der Waals surface area contributed by atoms with Gasteiger partial charge in [-0.1, -0.05) is 6.92 Å². The molecule has 18 heavy (non-hydrogen) atoms. The Morgan fingerprint density at radius 1 is 1.39 bits per heavy atom. The van der Waals surface area contributed by atoms with Gasteiger partial charge in [0.05, 0.1) is 13.0 Å². The number of nitrogens with zero attached hydrogens (tertiary/aromatic N) is 1. The van der Waals surface area contributed by atoms with Crippen molar-refractivity contribution < 1.29 is 22.3 Å². The first-order valence-electron chi connectivity index (χ1n) is 5.47. The molecule has 1 aromatic heterocycles. The minimum atomic E-state index is -4.32. The van der Waals surface area contributed by atoms with Gasteiger partial charge in [0.2, 0.25) is 0 Å². The zero-order valence-corrected chi connectivity index (χ0v) is 9.85. The topological polar surface area (TPSA) is 34.2 Å². The normalized spacial score (nSPS) is 11.6.